The van der Waals surface area contributed by atoms with Crippen LogP contribution in [0.1, 0.15) is 16.8 Å². The Morgan fingerprint density at radius 2 is 2.27 bits per heavy atom. The lowest BCUT2D eigenvalue weighted by atomic mass is 10.1. The zero-order chi connectivity index (χ0) is 15.4. The number of carbonyl (C=O) groups is 1. The van der Waals surface area contributed by atoms with Gasteiger partial charge >= 0.3 is 0 Å². The summed E-state index contributed by atoms with van der Waals surface area (Å²) in [5.74, 6) is 0.0801. The zero-order valence-electron chi connectivity index (χ0n) is 13.0. The lowest BCUT2D eigenvalue weighted by molar-refractivity contribution is 0.0220. The van der Waals surface area contributed by atoms with Crippen LogP contribution in [0.4, 0.5) is 0 Å². The Morgan fingerprint density at radius 1 is 1.36 bits per heavy atom. The fourth-order valence-corrected chi connectivity index (χ4v) is 3.27. The van der Waals surface area contributed by atoms with E-state index in [4.69, 9.17) is 9.47 Å². The molecule has 22 heavy (non-hydrogen) atoms. The van der Waals surface area contributed by atoms with Crippen LogP contribution < -0.4 is 0 Å². The van der Waals surface area contributed by atoms with Crippen molar-refractivity contribution < 1.29 is 14.3 Å². The van der Waals surface area contributed by atoms with Crippen molar-refractivity contribution in [2.75, 3.05) is 46.5 Å². The number of hydrogen-bond acceptors (Lipinski definition) is 5. The van der Waals surface area contributed by atoms with Crippen LogP contribution in [0.15, 0.2) is 24.5 Å². The van der Waals surface area contributed by atoms with Crippen molar-refractivity contribution in [1.29, 1.82) is 0 Å². The SMILES string of the molecule is COCCO[C@@H]1C[C@H]2CN(C(=O)c3cccnc3)CCN2C1. The summed E-state index contributed by atoms with van der Waals surface area (Å²) in [6, 6.07) is 4.04. The van der Waals surface area contributed by atoms with Crippen LogP contribution in [0.25, 0.3) is 0 Å². The lowest BCUT2D eigenvalue weighted by Crippen LogP contribution is -2.52. The topological polar surface area (TPSA) is 54.9 Å². The monoisotopic (exact) mass is 305 g/mol. The van der Waals surface area contributed by atoms with Crippen LogP contribution in [-0.2, 0) is 9.47 Å². The molecule has 0 unspecified atom stereocenters. The second kappa shape index (κ2) is 7.17. The molecule has 2 atom stereocenters. The molecule has 3 rings (SSSR count). The highest BCUT2D eigenvalue weighted by atomic mass is 16.5. The largest absolute Gasteiger partial charge is 0.382 e. The van der Waals surface area contributed by atoms with Crippen LogP contribution >= 0.6 is 0 Å². The van der Waals surface area contributed by atoms with E-state index in [9.17, 15) is 4.79 Å². The lowest BCUT2D eigenvalue weighted by Gasteiger charge is -2.37. The van der Waals surface area contributed by atoms with Gasteiger partial charge in [-0.3, -0.25) is 14.7 Å². The van der Waals surface area contributed by atoms with Gasteiger partial charge in [-0.1, -0.05) is 0 Å². The standard InChI is InChI=1S/C16H23N3O3/c1-21-7-8-22-15-9-14-11-19(6-5-18(14)12-15)16(20)13-3-2-4-17-10-13/h2-4,10,14-15H,5-9,11-12H2,1H3/t14-,15+/m0/s1. The molecule has 2 aliphatic heterocycles. The number of piperazine rings is 1. The Hall–Kier alpha value is -1.50. The van der Waals surface area contributed by atoms with Crippen LogP contribution in [-0.4, -0.2) is 79.3 Å². The molecule has 0 N–H and O–H groups in total. The van der Waals surface area contributed by atoms with Gasteiger partial charge in [0.2, 0.25) is 0 Å². The first-order valence-electron chi connectivity index (χ1n) is 7.82. The van der Waals surface area contributed by atoms with Gasteiger partial charge in [0.25, 0.3) is 5.91 Å². The maximum absolute atomic E-state index is 12.5. The van der Waals surface area contributed by atoms with E-state index >= 15 is 0 Å². The van der Waals surface area contributed by atoms with Crippen molar-refractivity contribution >= 4 is 5.91 Å². The minimum atomic E-state index is 0.0801. The Bertz CT molecular complexity index is 497. The Labute approximate surface area is 131 Å². The van der Waals surface area contributed by atoms with E-state index < -0.39 is 0 Å². The molecule has 1 aromatic heterocycles. The van der Waals surface area contributed by atoms with Crippen LogP contribution in [0.2, 0.25) is 0 Å². The highest BCUT2D eigenvalue weighted by molar-refractivity contribution is 5.94. The van der Waals surface area contributed by atoms with Crippen LogP contribution in [0.3, 0.4) is 0 Å². The number of amides is 1. The van der Waals surface area contributed by atoms with Crippen LogP contribution in [0.5, 0.6) is 0 Å². The number of methoxy groups -OCH3 is 1. The summed E-state index contributed by atoms with van der Waals surface area (Å²) in [5, 5.41) is 0. The summed E-state index contributed by atoms with van der Waals surface area (Å²) in [5.41, 5.74) is 0.668. The molecule has 2 fully saturated rings. The second-order valence-corrected chi connectivity index (χ2v) is 5.86. The maximum atomic E-state index is 12.5. The summed E-state index contributed by atoms with van der Waals surface area (Å²) < 4.78 is 10.9. The summed E-state index contributed by atoms with van der Waals surface area (Å²) in [6.07, 6.45) is 4.57. The van der Waals surface area contributed by atoms with Gasteiger partial charge in [-0.25, -0.2) is 0 Å². The number of ether oxygens (including phenoxy) is 2. The van der Waals surface area contributed by atoms with Gasteiger partial charge < -0.3 is 14.4 Å². The van der Waals surface area contributed by atoms with Gasteiger partial charge in [0.05, 0.1) is 24.9 Å². The molecule has 0 aromatic carbocycles. The average Bonchev–Trinajstić information content (AvgIpc) is 2.97. The molecule has 2 aliphatic rings. The molecule has 120 valence electrons. The number of nitrogens with zero attached hydrogens (tertiary/aromatic N) is 3. The van der Waals surface area contributed by atoms with Crippen molar-refractivity contribution in [1.82, 2.24) is 14.8 Å². The molecule has 0 saturated carbocycles. The van der Waals surface area contributed by atoms with Gasteiger partial charge in [0.15, 0.2) is 0 Å². The third-order valence-electron chi connectivity index (χ3n) is 4.41. The van der Waals surface area contributed by atoms with Crippen molar-refractivity contribution in [3.63, 3.8) is 0 Å². The van der Waals surface area contributed by atoms with Gasteiger partial charge in [0, 0.05) is 51.7 Å². The van der Waals surface area contributed by atoms with E-state index in [0.717, 1.165) is 32.6 Å². The molecule has 1 aromatic rings. The second-order valence-electron chi connectivity index (χ2n) is 5.86. The number of pyridine rings is 1. The molecule has 0 bridgehead atoms. The van der Waals surface area contributed by atoms with Gasteiger partial charge in [0.1, 0.15) is 0 Å². The number of aromatic nitrogens is 1. The van der Waals surface area contributed by atoms with Crippen molar-refractivity contribution in [2.24, 2.45) is 0 Å². The van der Waals surface area contributed by atoms with Gasteiger partial charge in [-0.15, -0.1) is 0 Å². The predicted molar refractivity (Wildman–Crippen MR) is 81.7 cm³/mol. The van der Waals surface area contributed by atoms with E-state index in [-0.39, 0.29) is 12.0 Å². The Kier molecular flexibility index (Phi) is 5.02. The number of hydrogen-bond donors (Lipinski definition) is 0. The molecule has 6 nitrogen and oxygen atoms in total. The fourth-order valence-electron chi connectivity index (χ4n) is 3.27. The summed E-state index contributed by atoms with van der Waals surface area (Å²) in [6.45, 7) is 4.70. The van der Waals surface area contributed by atoms with E-state index in [1.165, 1.54) is 0 Å². The van der Waals surface area contributed by atoms with Crippen molar-refractivity contribution in [2.45, 2.75) is 18.6 Å². The first-order valence-corrected chi connectivity index (χ1v) is 7.82. The molecular weight excluding hydrogens is 282 g/mol. The van der Waals surface area contributed by atoms with E-state index in [1.54, 1.807) is 25.6 Å². The normalized spacial score (nSPS) is 25.2. The van der Waals surface area contributed by atoms with Gasteiger partial charge in [-0.2, -0.15) is 0 Å². The summed E-state index contributed by atoms with van der Waals surface area (Å²) >= 11 is 0. The van der Waals surface area contributed by atoms with E-state index in [2.05, 4.69) is 9.88 Å². The predicted octanol–water partition coefficient (Wildman–Crippen LogP) is 0.643. The first-order chi connectivity index (χ1) is 10.8. The molecule has 6 heteroatoms. The summed E-state index contributed by atoms with van der Waals surface area (Å²) in [4.78, 5) is 20.9. The highest BCUT2D eigenvalue weighted by Crippen LogP contribution is 2.24. The summed E-state index contributed by atoms with van der Waals surface area (Å²) in [7, 11) is 1.68. The third-order valence-corrected chi connectivity index (χ3v) is 4.41. The average molecular weight is 305 g/mol. The van der Waals surface area contributed by atoms with Gasteiger partial charge in [-0.05, 0) is 18.6 Å². The molecule has 1 amide bonds. The molecule has 0 aliphatic carbocycles. The third kappa shape index (κ3) is 3.45. The molecule has 2 saturated heterocycles. The van der Waals surface area contributed by atoms with E-state index in [0.29, 0.717) is 24.8 Å². The minimum Gasteiger partial charge on any atom is -0.382 e. The number of fused-ring (bicyclic) bond motifs is 1. The maximum Gasteiger partial charge on any atom is 0.255 e. The molecule has 3 heterocycles. The fraction of sp³-hybridized carbons (Fsp3) is 0.625. The Balaban J connectivity index is 1.54. The minimum absolute atomic E-state index is 0.0801. The molecule has 0 radical (unpaired) electrons. The first kappa shape index (κ1) is 15.4. The van der Waals surface area contributed by atoms with Crippen molar-refractivity contribution in [3.05, 3.63) is 30.1 Å². The smallest absolute Gasteiger partial charge is 0.255 e. The Morgan fingerprint density at radius 3 is 3.05 bits per heavy atom. The zero-order valence-corrected chi connectivity index (χ0v) is 13.0. The molecular formula is C16H23N3O3. The van der Waals surface area contributed by atoms with E-state index in [1.807, 2.05) is 11.0 Å². The highest BCUT2D eigenvalue weighted by Gasteiger charge is 2.37. The molecule has 0 spiro atoms. The van der Waals surface area contributed by atoms with Crippen LogP contribution in [0, 0.1) is 0 Å². The number of rotatable bonds is 5. The number of carbonyl (C=O) groups excluding carboxylic acids is 1. The van der Waals surface area contributed by atoms with Crippen molar-refractivity contribution in [3.8, 4) is 0 Å². The quantitative estimate of drug-likeness (QED) is 0.748.